The summed E-state index contributed by atoms with van der Waals surface area (Å²) in [5.41, 5.74) is 0. The largest absolute Gasteiger partial charge is 0.481 e. The molecule has 0 amide bonds. The molecular weight excluding hydrogens is 193 g/mol. The Balaban J connectivity index is 4.77. The van der Waals surface area contributed by atoms with Gasteiger partial charge >= 0.3 is 18.1 Å². The quantitative estimate of drug-likeness (QED) is 0.665. The third kappa shape index (κ3) is 2.92. The van der Waals surface area contributed by atoms with Gasteiger partial charge in [0.1, 0.15) is 0 Å². The maximum absolute atomic E-state index is 11.9. The summed E-state index contributed by atoms with van der Waals surface area (Å²) in [5, 5.41) is 16.4. The zero-order chi connectivity index (χ0) is 10.8. The van der Waals surface area contributed by atoms with E-state index < -0.39 is 30.0 Å². The molecule has 0 rings (SSSR count). The van der Waals surface area contributed by atoms with Crippen LogP contribution in [0.4, 0.5) is 13.2 Å². The Morgan fingerprint density at radius 1 is 1.15 bits per heavy atom. The summed E-state index contributed by atoms with van der Waals surface area (Å²) in [5.74, 6) is -8.82. The Morgan fingerprint density at radius 2 is 1.46 bits per heavy atom. The highest BCUT2D eigenvalue weighted by Gasteiger charge is 2.47. The lowest BCUT2D eigenvalue weighted by Crippen LogP contribution is -2.37. The maximum atomic E-state index is 11.9. The minimum Gasteiger partial charge on any atom is -0.481 e. The molecule has 0 saturated heterocycles. The van der Waals surface area contributed by atoms with E-state index in [-0.39, 0.29) is 0 Å². The van der Waals surface area contributed by atoms with Crippen molar-refractivity contribution in [2.24, 2.45) is 11.8 Å². The molecule has 13 heavy (non-hydrogen) atoms. The van der Waals surface area contributed by atoms with Gasteiger partial charge < -0.3 is 10.2 Å². The first kappa shape index (κ1) is 11.7. The van der Waals surface area contributed by atoms with Gasteiger partial charge in [-0.05, 0) is 0 Å². The first-order valence-electron chi connectivity index (χ1n) is 3.20. The van der Waals surface area contributed by atoms with E-state index in [0.29, 0.717) is 6.92 Å². The van der Waals surface area contributed by atoms with Gasteiger partial charge in [0, 0.05) is 0 Å². The Hall–Kier alpha value is -1.27. The first-order valence-corrected chi connectivity index (χ1v) is 3.20. The molecule has 0 saturated carbocycles. The van der Waals surface area contributed by atoms with Gasteiger partial charge in [0.15, 0.2) is 5.92 Å². The van der Waals surface area contributed by atoms with Crippen LogP contribution in [0.3, 0.4) is 0 Å². The molecule has 4 nitrogen and oxygen atoms in total. The molecular formula is C6H7F3O4. The average molecular weight is 200 g/mol. The number of alkyl halides is 3. The normalized spacial score (nSPS) is 14.2. The van der Waals surface area contributed by atoms with E-state index >= 15 is 0 Å². The standard InChI is InChI=1S/C6H7F3O4/c1-2(6(7,8)9)3(4(10)11)5(12)13/h2-3H,1H3,(H,10,11)(H,12,13). The Kier molecular flexibility index (Phi) is 3.27. The molecule has 0 aromatic heterocycles. The second kappa shape index (κ2) is 3.63. The number of aliphatic carboxylic acids is 2. The van der Waals surface area contributed by atoms with E-state index in [4.69, 9.17) is 10.2 Å². The van der Waals surface area contributed by atoms with Gasteiger partial charge in [0.05, 0.1) is 5.92 Å². The van der Waals surface area contributed by atoms with Gasteiger partial charge in [0.2, 0.25) is 0 Å². The number of hydrogen-bond acceptors (Lipinski definition) is 2. The average Bonchev–Trinajstić information content (AvgIpc) is 1.82. The summed E-state index contributed by atoms with van der Waals surface area (Å²) in [6, 6.07) is 0. The molecule has 7 heteroatoms. The fraction of sp³-hybridized carbons (Fsp3) is 0.667. The molecule has 0 radical (unpaired) electrons. The maximum Gasteiger partial charge on any atom is 0.392 e. The van der Waals surface area contributed by atoms with E-state index in [9.17, 15) is 22.8 Å². The van der Waals surface area contributed by atoms with Crippen molar-refractivity contribution in [3.05, 3.63) is 0 Å². The molecule has 0 bridgehead atoms. The third-order valence-electron chi connectivity index (χ3n) is 1.55. The predicted molar refractivity (Wildman–Crippen MR) is 34.0 cm³/mol. The van der Waals surface area contributed by atoms with Crippen LogP contribution in [0.1, 0.15) is 6.92 Å². The summed E-state index contributed by atoms with van der Waals surface area (Å²) < 4.78 is 35.7. The van der Waals surface area contributed by atoms with Gasteiger partial charge in [0.25, 0.3) is 0 Å². The lowest BCUT2D eigenvalue weighted by atomic mass is 9.94. The van der Waals surface area contributed by atoms with E-state index in [1.54, 1.807) is 0 Å². The molecule has 0 aromatic carbocycles. The monoisotopic (exact) mass is 200 g/mol. The van der Waals surface area contributed by atoms with Crippen LogP contribution in [0, 0.1) is 11.8 Å². The van der Waals surface area contributed by atoms with Crippen molar-refractivity contribution in [1.29, 1.82) is 0 Å². The lowest BCUT2D eigenvalue weighted by molar-refractivity contribution is -0.198. The highest BCUT2D eigenvalue weighted by Crippen LogP contribution is 2.31. The predicted octanol–water partition coefficient (Wildman–Crippen LogP) is 0.970. The Morgan fingerprint density at radius 3 is 1.54 bits per heavy atom. The number of carboxylic acid groups (broad SMARTS) is 2. The molecule has 1 unspecified atom stereocenters. The Labute approximate surface area is 71.0 Å². The molecule has 0 aromatic rings. The van der Waals surface area contributed by atoms with Crippen molar-refractivity contribution >= 4 is 11.9 Å². The van der Waals surface area contributed by atoms with Crippen LogP contribution in [-0.4, -0.2) is 28.3 Å². The topological polar surface area (TPSA) is 74.6 Å². The van der Waals surface area contributed by atoms with Crippen LogP contribution in [0.15, 0.2) is 0 Å². The van der Waals surface area contributed by atoms with Crippen LogP contribution in [-0.2, 0) is 9.59 Å². The molecule has 76 valence electrons. The lowest BCUT2D eigenvalue weighted by Gasteiger charge is -2.18. The number of hydrogen-bond donors (Lipinski definition) is 2. The molecule has 0 aliphatic heterocycles. The van der Waals surface area contributed by atoms with Crippen molar-refractivity contribution in [3.8, 4) is 0 Å². The summed E-state index contributed by atoms with van der Waals surface area (Å²) in [4.78, 5) is 20.3. The summed E-state index contributed by atoms with van der Waals surface area (Å²) in [6.45, 7) is 0.521. The van der Waals surface area contributed by atoms with Crippen molar-refractivity contribution in [2.45, 2.75) is 13.1 Å². The zero-order valence-corrected chi connectivity index (χ0v) is 6.50. The minimum atomic E-state index is -4.82. The van der Waals surface area contributed by atoms with E-state index in [1.807, 2.05) is 0 Å². The second-order valence-electron chi connectivity index (χ2n) is 2.48. The van der Waals surface area contributed by atoms with Gasteiger partial charge in [-0.25, -0.2) is 0 Å². The van der Waals surface area contributed by atoms with Crippen molar-refractivity contribution in [3.63, 3.8) is 0 Å². The third-order valence-corrected chi connectivity index (χ3v) is 1.55. The molecule has 0 spiro atoms. The van der Waals surface area contributed by atoms with Gasteiger partial charge in [-0.1, -0.05) is 6.92 Å². The van der Waals surface area contributed by atoms with Gasteiger partial charge in [-0.3, -0.25) is 9.59 Å². The van der Waals surface area contributed by atoms with Gasteiger partial charge in [-0.2, -0.15) is 13.2 Å². The van der Waals surface area contributed by atoms with E-state index in [2.05, 4.69) is 0 Å². The second-order valence-corrected chi connectivity index (χ2v) is 2.48. The number of rotatable bonds is 3. The minimum absolute atomic E-state index is 0.521. The summed E-state index contributed by atoms with van der Waals surface area (Å²) >= 11 is 0. The fourth-order valence-corrected chi connectivity index (χ4v) is 0.722. The highest BCUT2D eigenvalue weighted by molar-refractivity contribution is 5.93. The zero-order valence-electron chi connectivity index (χ0n) is 6.50. The van der Waals surface area contributed by atoms with Gasteiger partial charge in [-0.15, -0.1) is 0 Å². The number of carboxylic acids is 2. The summed E-state index contributed by atoms with van der Waals surface area (Å²) in [6.07, 6.45) is -4.82. The molecule has 0 heterocycles. The van der Waals surface area contributed by atoms with E-state index in [0.717, 1.165) is 0 Å². The first-order chi connectivity index (χ1) is 5.68. The van der Waals surface area contributed by atoms with Crippen molar-refractivity contribution in [1.82, 2.24) is 0 Å². The number of carbonyl (C=O) groups is 2. The smallest absolute Gasteiger partial charge is 0.392 e. The SMILES string of the molecule is CC(C(C(=O)O)C(=O)O)C(F)(F)F. The molecule has 2 N–H and O–H groups in total. The molecule has 1 atom stereocenters. The van der Waals surface area contributed by atoms with Crippen LogP contribution < -0.4 is 0 Å². The van der Waals surface area contributed by atoms with Crippen LogP contribution >= 0.6 is 0 Å². The van der Waals surface area contributed by atoms with E-state index in [1.165, 1.54) is 0 Å². The highest BCUT2D eigenvalue weighted by atomic mass is 19.4. The molecule has 0 fully saturated rings. The summed E-state index contributed by atoms with van der Waals surface area (Å²) in [7, 11) is 0. The Bertz CT molecular complexity index is 208. The van der Waals surface area contributed by atoms with Crippen molar-refractivity contribution in [2.75, 3.05) is 0 Å². The van der Waals surface area contributed by atoms with Crippen LogP contribution in [0.5, 0.6) is 0 Å². The van der Waals surface area contributed by atoms with Crippen LogP contribution in [0.25, 0.3) is 0 Å². The molecule has 0 aliphatic rings. The number of halogens is 3. The molecule has 0 aliphatic carbocycles. The van der Waals surface area contributed by atoms with Crippen molar-refractivity contribution < 1.29 is 33.0 Å². The van der Waals surface area contributed by atoms with Crippen LogP contribution in [0.2, 0.25) is 0 Å². The fourth-order valence-electron chi connectivity index (χ4n) is 0.722.